The number of aromatic nitrogens is 1. The Kier molecular flexibility index (Phi) is 3.65. The third-order valence-electron chi connectivity index (χ3n) is 1.78. The van der Waals surface area contributed by atoms with Crippen molar-refractivity contribution >= 4 is 11.3 Å². The normalized spacial score (nSPS) is 15.9. The van der Waals surface area contributed by atoms with Crippen LogP contribution in [0.15, 0.2) is 11.6 Å². The smallest absolute Gasteiger partial charge is 0.0951 e. The molecule has 0 radical (unpaired) electrons. The van der Waals surface area contributed by atoms with Crippen LogP contribution in [0.5, 0.6) is 0 Å². The number of rotatable bonds is 4. The van der Waals surface area contributed by atoms with E-state index in [2.05, 4.69) is 4.98 Å². The second-order valence-electron chi connectivity index (χ2n) is 2.64. The van der Waals surface area contributed by atoms with Gasteiger partial charge in [0.1, 0.15) is 0 Å². The molecule has 0 saturated heterocycles. The Morgan fingerprint density at radius 1 is 1.75 bits per heavy atom. The highest BCUT2D eigenvalue weighted by Gasteiger charge is 2.14. The zero-order valence-electron chi connectivity index (χ0n) is 7.23. The highest BCUT2D eigenvalue weighted by atomic mass is 32.1. The van der Waals surface area contributed by atoms with Crippen molar-refractivity contribution in [1.82, 2.24) is 4.98 Å². The first-order chi connectivity index (χ1) is 5.74. The van der Waals surface area contributed by atoms with Crippen molar-refractivity contribution in [3.63, 3.8) is 0 Å². The number of ether oxygens (including phenoxy) is 1. The molecule has 68 valence electrons. The molecule has 1 N–H and O–H groups in total. The van der Waals surface area contributed by atoms with Crippen LogP contribution in [0.3, 0.4) is 0 Å². The van der Waals surface area contributed by atoms with E-state index >= 15 is 0 Å². The summed E-state index contributed by atoms with van der Waals surface area (Å²) in [6, 6.07) is 0. The average Bonchev–Trinajstić information content (AvgIpc) is 2.55. The van der Waals surface area contributed by atoms with Gasteiger partial charge in [0.2, 0.25) is 0 Å². The summed E-state index contributed by atoms with van der Waals surface area (Å²) in [5, 5.41) is 12.4. The van der Waals surface area contributed by atoms with E-state index < -0.39 is 6.10 Å². The molecule has 1 aromatic rings. The van der Waals surface area contributed by atoms with Crippen LogP contribution in [0.4, 0.5) is 0 Å². The Bertz CT molecular complexity index is 213. The lowest BCUT2D eigenvalue weighted by molar-refractivity contribution is 0.000388. The topological polar surface area (TPSA) is 42.4 Å². The summed E-state index contributed by atoms with van der Waals surface area (Å²) in [6.45, 7) is 1.85. The Balaban J connectivity index is 2.41. The van der Waals surface area contributed by atoms with Crippen LogP contribution in [-0.2, 0) is 11.2 Å². The predicted molar refractivity (Wildman–Crippen MR) is 48.3 cm³/mol. The van der Waals surface area contributed by atoms with Gasteiger partial charge in [-0.2, -0.15) is 0 Å². The summed E-state index contributed by atoms with van der Waals surface area (Å²) in [5.41, 5.74) is 0. The van der Waals surface area contributed by atoms with E-state index in [1.807, 2.05) is 12.3 Å². The molecule has 4 heteroatoms. The van der Waals surface area contributed by atoms with Crippen molar-refractivity contribution in [3.05, 3.63) is 16.6 Å². The maximum atomic E-state index is 9.53. The van der Waals surface area contributed by atoms with Gasteiger partial charge in [0, 0.05) is 25.1 Å². The fourth-order valence-electron chi connectivity index (χ4n) is 0.856. The highest BCUT2D eigenvalue weighted by molar-refractivity contribution is 7.09. The van der Waals surface area contributed by atoms with Gasteiger partial charge >= 0.3 is 0 Å². The lowest BCUT2D eigenvalue weighted by Gasteiger charge is -2.15. The maximum absolute atomic E-state index is 9.53. The molecule has 0 aromatic carbocycles. The van der Waals surface area contributed by atoms with Gasteiger partial charge in [-0.15, -0.1) is 11.3 Å². The van der Waals surface area contributed by atoms with E-state index in [9.17, 15) is 5.11 Å². The summed E-state index contributed by atoms with van der Waals surface area (Å²) in [5.74, 6) is 0. The van der Waals surface area contributed by atoms with Crippen molar-refractivity contribution in [3.8, 4) is 0 Å². The van der Waals surface area contributed by atoms with Crippen LogP contribution in [0, 0.1) is 0 Å². The van der Waals surface area contributed by atoms with Crippen LogP contribution in [0.2, 0.25) is 0 Å². The Labute approximate surface area is 76.0 Å². The lowest BCUT2D eigenvalue weighted by atomic mass is 10.2. The van der Waals surface area contributed by atoms with Gasteiger partial charge in [-0.3, -0.25) is 0 Å². The first kappa shape index (κ1) is 9.64. The molecule has 0 aliphatic rings. The number of hydrogen-bond donors (Lipinski definition) is 1. The summed E-state index contributed by atoms with van der Waals surface area (Å²) in [7, 11) is 1.59. The molecule has 0 saturated carbocycles. The Morgan fingerprint density at radius 3 is 3.00 bits per heavy atom. The molecule has 0 spiro atoms. The monoisotopic (exact) mass is 187 g/mol. The summed E-state index contributed by atoms with van der Waals surface area (Å²) < 4.78 is 4.99. The summed E-state index contributed by atoms with van der Waals surface area (Å²) in [6.07, 6.45) is 1.73. The molecule has 1 aromatic heterocycles. The minimum Gasteiger partial charge on any atom is -0.390 e. The lowest BCUT2D eigenvalue weighted by Crippen LogP contribution is -2.26. The molecule has 0 aliphatic carbocycles. The molecule has 0 bridgehead atoms. The van der Waals surface area contributed by atoms with Gasteiger partial charge in [-0.25, -0.2) is 4.98 Å². The van der Waals surface area contributed by atoms with Crippen LogP contribution in [0.1, 0.15) is 11.9 Å². The number of hydrogen-bond acceptors (Lipinski definition) is 4. The van der Waals surface area contributed by atoms with Gasteiger partial charge in [-0.05, 0) is 6.92 Å². The number of aliphatic hydroxyl groups is 1. The van der Waals surface area contributed by atoms with E-state index in [0.717, 1.165) is 5.01 Å². The van der Waals surface area contributed by atoms with Crippen LogP contribution < -0.4 is 0 Å². The van der Waals surface area contributed by atoms with Crippen LogP contribution >= 0.6 is 11.3 Å². The highest BCUT2D eigenvalue weighted by Crippen LogP contribution is 2.10. The summed E-state index contributed by atoms with van der Waals surface area (Å²) in [4.78, 5) is 4.08. The standard InChI is InChI=1S/C8H13NO2S/c1-6(11-2)7(10)5-8-9-3-4-12-8/h3-4,6-7,10H,5H2,1-2H3. The largest absolute Gasteiger partial charge is 0.390 e. The molecule has 1 heterocycles. The van der Waals surface area contributed by atoms with Crippen molar-refractivity contribution in [2.45, 2.75) is 25.6 Å². The molecule has 2 unspecified atom stereocenters. The molecule has 0 aliphatic heterocycles. The number of methoxy groups -OCH3 is 1. The van der Waals surface area contributed by atoms with Gasteiger partial charge in [0.15, 0.2) is 0 Å². The molecule has 0 amide bonds. The van der Waals surface area contributed by atoms with Crippen molar-refractivity contribution in [1.29, 1.82) is 0 Å². The van der Waals surface area contributed by atoms with E-state index in [1.54, 1.807) is 24.6 Å². The Morgan fingerprint density at radius 2 is 2.50 bits per heavy atom. The number of thiazole rings is 1. The van der Waals surface area contributed by atoms with E-state index in [4.69, 9.17) is 4.74 Å². The molecule has 2 atom stereocenters. The first-order valence-electron chi connectivity index (χ1n) is 3.83. The van der Waals surface area contributed by atoms with Crippen LogP contribution in [-0.4, -0.2) is 29.4 Å². The molecule has 12 heavy (non-hydrogen) atoms. The summed E-state index contributed by atoms with van der Waals surface area (Å²) >= 11 is 1.55. The number of nitrogens with zero attached hydrogens (tertiary/aromatic N) is 1. The van der Waals surface area contributed by atoms with Gasteiger partial charge in [0.05, 0.1) is 17.2 Å². The Hall–Kier alpha value is -0.450. The molecule has 3 nitrogen and oxygen atoms in total. The molecule has 0 fully saturated rings. The van der Waals surface area contributed by atoms with Crippen molar-refractivity contribution < 1.29 is 9.84 Å². The minimum atomic E-state index is -0.457. The molecular formula is C8H13NO2S. The SMILES string of the molecule is COC(C)C(O)Cc1nccs1. The van der Waals surface area contributed by atoms with E-state index in [-0.39, 0.29) is 6.10 Å². The third-order valence-corrected chi connectivity index (χ3v) is 2.58. The van der Waals surface area contributed by atoms with Gasteiger partial charge in [-0.1, -0.05) is 0 Å². The van der Waals surface area contributed by atoms with Crippen LogP contribution in [0.25, 0.3) is 0 Å². The fourth-order valence-corrected chi connectivity index (χ4v) is 1.52. The second-order valence-corrected chi connectivity index (χ2v) is 3.62. The first-order valence-corrected chi connectivity index (χ1v) is 4.71. The third kappa shape index (κ3) is 2.55. The average molecular weight is 187 g/mol. The quantitative estimate of drug-likeness (QED) is 0.767. The molecule has 1 rings (SSSR count). The van der Waals surface area contributed by atoms with Crippen molar-refractivity contribution in [2.75, 3.05) is 7.11 Å². The van der Waals surface area contributed by atoms with Gasteiger partial charge in [0.25, 0.3) is 0 Å². The number of aliphatic hydroxyl groups excluding tert-OH is 1. The van der Waals surface area contributed by atoms with E-state index in [0.29, 0.717) is 6.42 Å². The predicted octanol–water partition coefficient (Wildman–Crippen LogP) is 1.08. The van der Waals surface area contributed by atoms with Crippen molar-refractivity contribution in [2.24, 2.45) is 0 Å². The van der Waals surface area contributed by atoms with Gasteiger partial charge < -0.3 is 9.84 Å². The fraction of sp³-hybridized carbons (Fsp3) is 0.625. The second kappa shape index (κ2) is 4.54. The zero-order valence-corrected chi connectivity index (χ0v) is 8.04. The maximum Gasteiger partial charge on any atom is 0.0951 e. The molecular weight excluding hydrogens is 174 g/mol. The zero-order chi connectivity index (χ0) is 8.97. The van der Waals surface area contributed by atoms with E-state index in [1.165, 1.54) is 0 Å². The minimum absolute atomic E-state index is 0.131.